The lowest BCUT2D eigenvalue weighted by molar-refractivity contribution is -0.116. The van der Waals surface area contributed by atoms with E-state index >= 15 is 0 Å². The summed E-state index contributed by atoms with van der Waals surface area (Å²) in [6.45, 7) is 11.2. The third-order valence-corrected chi connectivity index (χ3v) is 7.31. The number of hydrogen-bond acceptors (Lipinski definition) is 3. The summed E-state index contributed by atoms with van der Waals surface area (Å²) in [5.41, 5.74) is 4.60. The molecule has 1 aromatic carbocycles. The van der Waals surface area contributed by atoms with Gasteiger partial charge in [-0.05, 0) is 59.6 Å². The van der Waals surface area contributed by atoms with Crippen LogP contribution in [0.4, 0.5) is 5.00 Å². The summed E-state index contributed by atoms with van der Waals surface area (Å²) >= 11 is 1.61. The van der Waals surface area contributed by atoms with Gasteiger partial charge in [-0.3, -0.25) is 4.79 Å². The van der Waals surface area contributed by atoms with Crippen LogP contribution < -0.4 is 5.32 Å². The van der Waals surface area contributed by atoms with E-state index in [-0.39, 0.29) is 11.3 Å². The summed E-state index contributed by atoms with van der Waals surface area (Å²) in [5.74, 6) is 1.12. The Bertz CT molecular complexity index is 910. The van der Waals surface area contributed by atoms with Crippen molar-refractivity contribution in [1.29, 1.82) is 5.26 Å². The Morgan fingerprint density at radius 1 is 1.28 bits per heavy atom. The van der Waals surface area contributed by atoms with Gasteiger partial charge in [0.2, 0.25) is 5.91 Å². The first kappa shape index (κ1) is 21.6. The van der Waals surface area contributed by atoms with E-state index in [4.69, 9.17) is 0 Å². The molecule has 0 unspecified atom stereocenters. The molecule has 3 rings (SSSR count). The molecule has 0 radical (unpaired) electrons. The minimum Gasteiger partial charge on any atom is -0.317 e. The minimum atomic E-state index is -0.0135. The van der Waals surface area contributed by atoms with Crippen LogP contribution in [0.1, 0.15) is 80.5 Å². The van der Waals surface area contributed by atoms with Crippen LogP contribution in [-0.2, 0) is 24.1 Å². The third-order valence-electron chi connectivity index (χ3n) is 6.14. The van der Waals surface area contributed by atoms with Gasteiger partial charge in [-0.2, -0.15) is 5.26 Å². The van der Waals surface area contributed by atoms with Crippen LogP contribution in [0.2, 0.25) is 0 Å². The molecule has 0 aliphatic heterocycles. The second-order valence-corrected chi connectivity index (χ2v) is 10.7. The molecule has 0 saturated carbocycles. The Balaban J connectivity index is 1.65. The molecular formula is C25H32N2OS. The number of carbonyl (C=O) groups excluding carboxylic acids is 1. The van der Waals surface area contributed by atoms with Gasteiger partial charge < -0.3 is 5.32 Å². The molecule has 1 aliphatic carbocycles. The maximum Gasteiger partial charge on any atom is 0.225 e. The van der Waals surface area contributed by atoms with E-state index < -0.39 is 0 Å². The van der Waals surface area contributed by atoms with Crippen LogP contribution in [0, 0.1) is 22.7 Å². The van der Waals surface area contributed by atoms with E-state index in [1.54, 1.807) is 11.3 Å². The maximum absolute atomic E-state index is 12.6. The molecule has 1 N–H and O–H groups in total. The predicted octanol–water partition coefficient (Wildman–Crippen LogP) is 6.47. The highest BCUT2D eigenvalue weighted by molar-refractivity contribution is 7.16. The molecule has 2 aromatic rings. The fraction of sp³-hybridized carbons (Fsp3) is 0.520. The van der Waals surface area contributed by atoms with Crippen LogP contribution >= 0.6 is 11.3 Å². The first-order valence-electron chi connectivity index (χ1n) is 10.6. The third kappa shape index (κ3) is 5.08. The zero-order chi connectivity index (χ0) is 21.2. The molecule has 29 heavy (non-hydrogen) atoms. The number of carbonyl (C=O) groups is 1. The molecule has 0 bridgehead atoms. The molecule has 0 saturated heterocycles. The summed E-state index contributed by atoms with van der Waals surface area (Å²) in [6, 6.07) is 10.9. The van der Waals surface area contributed by atoms with E-state index in [9.17, 15) is 10.1 Å². The average Bonchev–Trinajstić information content (AvgIpc) is 3.02. The highest BCUT2D eigenvalue weighted by Crippen LogP contribution is 2.44. The van der Waals surface area contributed by atoms with Crippen LogP contribution in [0.15, 0.2) is 24.3 Å². The molecule has 0 fully saturated rings. The summed E-state index contributed by atoms with van der Waals surface area (Å²) < 4.78 is 0. The van der Waals surface area contributed by atoms with Crippen LogP contribution in [0.3, 0.4) is 0 Å². The van der Waals surface area contributed by atoms with Crippen molar-refractivity contribution in [3.8, 4) is 6.07 Å². The van der Waals surface area contributed by atoms with Gasteiger partial charge in [0.05, 0.1) is 5.56 Å². The number of anilines is 1. The fourth-order valence-corrected chi connectivity index (χ4v) is 5.34. The smallest absolute Gasteiger partial charge is 0.225 e. The van der Waals surface area contributed by atoms with E-state index in [2.05, 4.69) is 70.3 Å². The van der Waals surface area contributed by atoms with Crippen molar-refractivity contribution in [2.24, 2.45) is 11.3 Å². The first-order valence-corrected chi connectivity index (χ1v) is 11.4. The van der Waals surface area contributed by atoms with Crippen molar-refractivity contribution >= 4 is 22.2 Å². The molecule has 1 amide bonds. The van der Waals surface area contributed by atoms with Crippen LogP contribution in [0.5, 0.6) is 0 Å². The van der Waals surface area contributed by atoms with Gasteiger partial charge in [0.25, 0.3) is 0 Å². The molecule has 3 nitrogen and oxygen atoms in total. The van der Waals surface area contributed by atoms with Crippen molar-refractivity contribution in [1.82, 2.24) is 0 Å². The summed E-state index contributed by atoms with van der Waals surface area (Å²) in [7, 11) is 0. The van der Waals surface area contributed by atoms with Crippen molar-refractivity contribution in [2.75, 3.05) is 5.32 Å². The fourth-order valence-electron chi connectivity index (χ4n) is 4.05. The Labute approximate surface area is 179 Å². The zero-order valence-electron chi connectivity index (χ0n) is 18.3. The number of rotatable bonds is 5. The number of thiophene rings is 1. The molecule has 1 heterocycles. The standard InChI is InChI=1S/C25H32N2OS/c1-16(2)18-9-6-17(7-10-18)8-13-23(28)27-24-21(15-26)20-12-11-19(25(3,4)5)14-22(20)29-24/h6-7,9-10,16,19H,8,11-14H2,1-5H3,(H,27,28)/t19-/m1/s1. The van der Waals surface area contributed by atoms with E-state index in [1.807, 2.05) is 0 Å². The lowest BCUT2D eigenvalue weighted by Crippen LogP contribution is -2.26. The van der Waals surface area contributed by atoms with Crippen molar-refractivity contribution in [3.63, 3.8) is 0 Å². The second-order valence-electron chi connectivity index (χ2n) is 9.57. The number of benzene rings is 1. The maximum atomic E-state index is 12.6. The molecule has 4 heteroatoms. The monoisotopic (exact) mass is 408 g/mol. The average molecular weight is 409 g/mol. The highest BCUT2D eigenvalue weighted by atomic mass is 32.1. The molecule has 1 atom stereocenters. The topological polar surface area (TPSA) is 52.9 Å². The Hall–Kier alpha value is -2.12. The van der Waals surface area contributed by atoms with Crippen molar-refractivity contribution in [3.05, 3.63) is 51.4 Å². The Kier molecular flexibility index (Phi) is 6.49. The largest absolute Gasteiger partial charge is 0.317 e. The number of nitriles is 1. The van der Waals surface area contributed by atoms with Gasteiger partial charge in [0.1, 0.15) is 11.1 Å². The predicted molar refractivity (Wildman–Crippen MR) is 121 cm³/mol. The second kappa shape index (κ2) is 8.71. The Morgan fingerprint density at radius 3 is 2.55 bits per heavy atom. The van der Waals surface area contributed by atoms with Gasteiger partial charge in [-0.1, -0.05) is 58.9 Å². The minimum absolute atomic E-state index is 0.0135. The van der Waals surface area contributed by atoms with Crippen molar-refractivity contribution < 1.29 is 4.79 Å². The van der Waals surface area contributed by atoms with Gasteiger partial charge in [0.15, 0.2) is 0 Å². The van der Waals surface area contributed by atoms with Gasteiger partial charge in [0, 0.05) is 11.3 Å². The molecule has 0 spiro atoms. The number of nitrogens with zero attached hydrogens (tertiary/aromatic N) is 1. The van der Waals surface area contributed by atoms with E-state index in [1.165, 1.54) is 16.0 Å². The van der Waals surface area contributed by atoms with Gasteiger partial charge in [-0.15, -0.1) is 11.3 Å². The molecule has 1 aliphatic rings. The summed E-state index contributed by atoms with van der Waals surface area (Å²) in [5, 5.41) is 13.5. The lowest BCUT2D eigenvalue weighted by atomic mass is 9.72. The number of aryl methyl sites for hydroxylation is 1. The number of hydrogen-bond donors (Lipinski definition) is 1. The van der Waals surface area contributed by atoms with Crippen LogP contribution in [-0.4, -0.2) is 5.91 Å². The zero-order valence-corrected chi connectivity index (χ0v) is 19.1. The number of amides is 1. The number of nitrogens with one attached hydrogen (secondary N) is 1. The summed E-state index contributed by atoms with van der Waals surface area (Å²) in [4.78, 5) is 13.8. The first-order chi connectivity index (χ1) is 13.7. The van der Waals surface area contributed by atoms with E-state index in [0.717, 1.165) is 29.8 Å². The SMILES string of the molecule is CC(C)c1ccc(CCC(=O)Nc2sc3c(c2C#N)CC[C@@H](C(C)(C)C)C3)cc1. The summed E-state index contributed by atoms with van der Waals surface area (Å²) in [6.07, 6.45) is 4.20. The van der Waals surface area contributed by atoms with Crippen molar-refractivity contribution in [2.45, 2.75) is 72.6 Å². The highest BCUT2D eigenvalue weighted by Gasteiger charge is 2.32. The number of fused-ring (bicyclic) bond motifs is 1. The van der Waals surface area contributed by atoms with Gasteiger partial charge >= 0.3 is 0 Å². The quantitative estimate of drug-likeness (QED) is 0.617. The lowest BCUT2D eigenvalue weighted by Gasteiger charge is -2.33. The molecule has 154 valence electrons. The van der Waals surface area contributed by atoms with Crippen LogP contribution in [0.25, 0.3) is 0 Å². The molecule has 1 aromatic heterocycles. The van der Waals surface area contributed by atoms with Gasteiger partial charge in [-0.25, -0.2) is 0 Å². The Morgan fingerprint density at radius 2 is 1.97 bits per heavy atom. The van der Waals surface area contributed by atoms with E-state index in [0.29, 0.717) is 30.2 Å². The molecular weight excluding hydrogens is 376 g/mol. The normalized spacial score (nSPS) is 16.4.